The van der Waals surface area contributed by atoms with Crippen molar-refractivity contribution in [1.29, 1.82) is 0 Å². The Balaban J connectivity index is 1.67. The van der Waals surface area contributed by atoms with Crippen LogP contribution in [0.4, 0.5) is 0 Å². The van der Waals surface area contributed by atoms with Gasteiger partial charge >= 0.3 is 0 Å². The molecule has 144 valence electrons. The molecule has 1 aromatic carbocycles. The van der Waals surface area contributed by atoms with Gasteiger partial charge in [0.1, 0.15) is 0 Å². The Morgan fingerprint density at radius 3 is 2.74 bits per heavy atom. The van der Waals surface area contributed by atoms with Crippen LogP contribution in [0.25, 0.3) is 0 Å². The summed E-state index contributed by atoms with van der Waals surface area (Å²) in [6.45, 7) is 2.80. The van der Waals surface area contributed by atoms with Crippen LogP contribution < -0.4 is 5.32 Å². The molecule has 0 radical (unpaired) electrons. The van der Waals surface area contributed by atoms with Crippen LogP contribution in [0, 0.1) is 12.8 Å². The van der Waals surface area contributed by atoms with Crippen LogP contribution in [0.3, 0.4) is 0 Å². The fraction of sp³-hybridized carbons (Fsp3) is 0.368. The van der Waals surface area contributed by atoms with E-state index < -0.39 is 10.0 Å². The van der Waals surface area contributed by atoms with Crippen molar-refractivity contribution in [2.24, 2.45) is 5.92 Å². The highest BCUT2D eigenvalue weighted by atomic mass is 35.5. The Bertz CT molecular complexity index is 919. The molecule has 1 aromatic heterocycles. The van der Waals surface area contributed by atoms with E-state index in [0.717, 1.165) is 11.1 Å². The van der Waals surface area contributed by atoms with Crippen LogP contribution in [0.5, 0.6) is 0 Å². The number of benzene rings is 1. The quantitative estimate of drug-likeness (QED) is 0.826. The molecule has 1 atom stereocenters. The Hall–Kier alpha value is -1.96. The highest BCUT2D eigenvalue weighted by molar-refractivity contribution is 7.89. The summed E-state index contributed by atoms with van der Waals surface area (Å²) >= 11 is 6.09. The van der Waals surface area contributed by atoms with Crippen LogP contribution in [-0.4, -0.2) is 36.7 Å². The summed E-state index contributed by atoms with van der Waals surface area (Å²) < 4.78 is 27.2. The van der Waals surface area contributed by atoms with Gasteiger partial charge in [0.2, 0.25) is 15.9 Å². The Kier molecular flexibility index (Phi) is 6.14. The highest BCUT2D eigenvalue weighted by Gasteiger charge is 2.33. The van der Waals surface area contributed by atoms with Gasteiger partial charge in [0.05, 0.1) is 10.8 Å². The Morgan fingerprint density at radius 2 is 2.04 bits per heavy atom. The predicted octanol–water partition coefficient (Wildman–Crippen LogP) is 2.76. The zero-order valence-corrected chi connectivity index (χ0v) is 16.6. The predicted molar refractivity (Wildman–Crippen MR) is 104 cm³/mol. The van der Waals surface area contributed by atoms with Gasteiger partial charge < -0.3 is 5.32 Å². The largest absolute Gasteiger partial charge is 0.352 e. The van der Waals surface area contributed by atoms with Crippen molar-refractivity contribution >= 4 is 27.5 Å². The van der Waals surface area contributed by atoms with Gasteiger partial charge in [-0.3, -0.25) is 9.78 Å². The maximum absolute atomic E-state index is 12.9. The van der Waals surface area contributed by atoms with E-state index in [1.54, 1.807) is 24.5 Å². The number of carbonyl (C=O) groups excluding carboxylic acids is 1. The van der Waals surface area contributed by atoms with Gasteiger partial charge in [0.25, 0.3) is 0 Å². The van der Waals surface area contributed by atoms with E-state index in [4.69, 9.17) is 11.6 Å². The zero-order chi connectivity index (χ0) is 19.4. The van der Waals surface area contributed by atoms with Gasteiger partial charge in [0, 0.05) is 37.1 Å². The molecule has 1 aliphatic rings. The first-order valence-electron chi connectivity index (χ1n) is 8.81. The minimum atomic E-state index is -3.67. The molecule has 1 saturated heterocycles. The first-order chi connectivity index (χ1) is 12.9. The molecule has 0 aliphatic carbocycles. The molecular weight excluding hydrogens is 386 g/mol. The average molecular weight is 408 g/mol. The zero-order valence-electron chi connectivity index (χ0n) is 15.1. The number of pyridine rings is 1. The van der Waals surface area contributed by atoms with Crippen molar-refractivity contribution in [2.45, 2.75) is 31.2 Å². The molecule has 0 spiro atoms. The number of aromatic nitrogens is 1. The summed E-state index contributed by atoms with van der Waals surface area (Å²) in [6.07, 6.45) is 4.65. The second-order valence-corrected chi connectivity index (χ2v) is 9.03. The number of piperidine rings is 1. The minimum Gasteiger partial charge on any atom is -0.352 e. The molecule has 2 heterocycles. The van der Waals surface area contributed by atoms with Gasteiger partial charge in [-0.25, -0.2) is 8.42 Å². The number of rotatable bonds is 5. The van der Waals surface area contributed by atoms with Gasteiger partial charge in [0.15, 0.2) is 0 Å². The molecule has 6 nitrogen and oxygen atoms in total. The van der Waals surface area contributed by atoms with Crippen LogP contribution in [-0.2, 0) is 21.4 Å². The second kappa shape index (κ2) is 8.37. The molecule has 1 unspecified atom stereocenters. The van der Waals surface area contributed by atoms with Crippen molar-refractivity contribution in [3.8, 4) is 0 Å². The summed E-state index contributed by atoms with van der Waals surface area (Å²) in [5.74, 6) is -0.495. The van der Waals surface area contributed by atoms with E-state index >= 15 is 0 Å². The topological polar surface area (TPSA) is 79.4 Å². The lowest BCUT2D eigenvalue weighted by atomic mass is 9.99. The fourth-order valence-electron chi connectivity index (χ4n) is 3.09. The monoisotopic (exact) mass is 407 g/mol. The first-order valence-corrected chi connectivity index (χ1v) is 10.6. The Morgan fingerprint density at radius 1 is 1.30 bits per heavy atom. The molecule has 1 aliphatic heterocycles. The molecule has 8 heteroatoms. The van der Waals surface area contributed by atoms with Crippen LogP contribution in [0.1, 0.15) is 24.0 Å². The molecule has 1 N–H and O–H groups in total. The van der Waals surface area contributed by atoms with E-state index in [1.807, 2.05) is 19.1 Å². The molecule has 0 bridgehead atoms. The van der Waals surface area contributed by atoms with Gasteiger partial charge in [-0.2, -0.15) is 4.31 Å². The van der Waals surface area contributed by atoms with Crippen LogP contribution in [0.15, 0.2) is 47.6 Å². The van der Waals surface area contributed by atoms with E-state index in [2.05, 4.69) is 10.3 Å². The van der Waals surface area contributed by atoms with Gasteiger partial charge in [-0.15, -0.1) is 0 Å². The standard InChI is InChI=1S/C19H22ClN3O3S/c1-14-4-5-17(11-18(14)20)27(25,26)23-10-2-3-16(13-23)19(24)22-12-15-6-8-21-9-7-15/h4-9,11,16H,2-3,10,12-13H2,1H3,(H,22,24). The number of halogens is 1. The summed E-state index contributed by atoms with van der Waals surface area (Å²) in [6, 6.07) is 8.39. The molecule has 3 rings (SSSR count). The van der Waals surface area contributed by atoms with Crippen molar-refractivity contribution in [3.05, 3.63) is 58.9 Å². The number of carbonyl (C=O) groups is 1. The lowest BCUT2D eigenvalue weighted by Gasteiger charge is -2.31. The van der Waals surface area contributed by atoms with Crippen LogP contribution >= 0.6 is 11.6 Å². The van der Waals surface area contributed by atoms with Gasteiger partial charge in [-0.05, 0) is 55.2 Å². The maximum atomic E-state index is 12.9. The van der Waals surface area contributed by atoms with Crippen molar-refractivity contribution in [3.63, 3.8) is 0 Å². The number of amides is 1. The number of sulfonamides is 1. The molecule has 2 aromatic rings. The molecule has 1 amide bonds. The molecular formula is C19H22ClN3O3S. The number of hydrogen-bond acceptors (Lipinski definition) is 4. The van der Waals surface area contributed by atoms with E-state index in [-0.39, 0.29) is 23.3 Å². The average Bonchev–Trinajstić information content (AvgIpc) is 2.69. The van der Waals surface area contributed by atoms with Crippen LogP contribution in [0.2, 0.25) is 5.02 Å². The number of hydrogen-bond donors (Lipinski definition) is 1. The fourth-order valence-corrected chi connectivity index (χ4v) is 4.89. The van der Waals surface area contributed by atoms with Gasteiger partial charge in [-0.1, -0.05) is 17.7 Å². The van der Waals surface area contributed by atoms with Crippen molar-refractivity contribution in [1.82, 2.24) is 14.6 Å². The maximum Gasteiger partial charge on any atom is 0.243 e. The lowest BCUT2D eigenvalue weighted by molar-refractivity contribution is -0.126. The van der Waals surface area contributed by atoms with E-state index in [0.29, 0.717) is 31.0 Å². The number of nitrogens with one attached hydrogen (secondary N) is 1. The van der Waals surface area contributed by atoms with E-state index in [9.17, 15) is 13.2 Å². The summed E-state index contributed by atoms with van der Waals surface area (Å²) in [5, 5.41) is 3.30. The molecule has 1 fully saturated rings. The third-order valence-electron chi connectivity index (χ3n) is 4.75. The molecule has 0 saturated carbocycles. The SMILES string of the molecule is Cc1ccc(S(=O)(=O)N2CCCC(C(=O)NCc3ccncc3)C2)cc1Cl. The second-order valence-electron chi connectivity index (χ2n) is 6.69. The summed E-state index contributed by atoms with van der Waals surface area (Å²) in [7, 11) is -3.67. The smallest absolute Gasteiger partial charge is 0.243 e. The highest BCUT2D eigenvalue weighted by Crippen LogP contribution is 2.26. The summed E-state index contributed by atoms with van der Waals surface area (Å²) in [5.41, 5.74) is 1.77. The number of nitrogens with zero attached hydrogens (tertiary/aromatic N) is 2. The first kappa shape index (κ1) is 19.8. The minimum absolute atomic E-state index is 0.131. The lowest BCUT2D eigenvalue weighted by Crippen LogP contribution is -2.45. The number of aryl methyl sites for hydroxylation is 1. The third kappa shape index (κ3) is 4.66. The normalized spacial score (nSPS) is 18.2. The summed E-state index contributed by atoms with van der Waals surface area (Å²) in [4.78, 5) is 16.6. The third-order valence-corrected chi connectivity index (χ3v) is 7.02. The Labute approximate surface area is 164 Å². The molecule has 27 heavy (non-hydrogen) atoms. The van der Waals surface area contributed by atoms with Crippen molar-refractivity contribution in [2.75, 3.05) is 13.1 Å². The van der Waals surface area contributed by atoms with E-state index in [1.165, 1.54) is 10.4 Å². The van der Waals surface area contributed by atoms with Crippen molar-refractivity contribution < 1.29 is 13.2 Å².